The Morgan fingerprint density at radius 1 is 1.19 bits per heavy atom. The molecule has 108 valence electrons. The second-order valence-corrected chi connectivity index (χ2v) is 5.65. The molecule has 2 aromatic heterocycles. The molecule has 0 aliphatic carbocycles. The van der Waals surface area contributed by atoms with Crippen molar-refractivity contribution >= 4 is 32.7 Å². The summed E-state index contributed by atoms with van der Waals surface area (Å²) in [4.78, 5) is 9.26. The molecular formula is C16H16BrN3O. The maximum atomic E-state index is 5.81. The minimum atomic E-state index is 0.689. The first-order chi connectivity index (χ1) is 10.1. The molecule has 0 aliphatic heterocycles. The lowest BCUT2D eigenvalue weighted by atomic mass is 10.1. The van der Waals surface area contributed by atoms with Gasteiger partial charge in [-0.2, -0.15) is 0 Å². The second-order valence-electron chi connectivity index (χ2n) is 4.85. The molecule has 4 nitrogen and oxygen atoms in total. The zero-order valence-corrected chi connectivity index (χ0v) is 13.8. The van der Waals surface area contributed by atoms with Crippen molar-refractivity contribution in [3.63, 3.8) is 0 Å². The van der Waals surface area contributed by atoms with Crippen molar-refractivity contribution in [2.75, 3.05) is 11.9 Å². The van der Waals surface area contributed by atoms with E-state index in [0.717, 1.165) is 44.8 Å². The summed E-state index contributed by atoms with van der Waals surface area (Å²) >= 11 is 3.54. The fraction of sp³-hybridized carbons (Fsp3) is 0.250. The summed E-state index contributed by atoms with van der Waals surface area (Å²) in [6, 6.07) is 7.96. The number of furan rings is 1. The van der Waals surface area contributed by atoms with E-state index in [9.17, 15) is 0 Å². The van der Waals surface area contributed by atoms with Crippen molar-refractivity contribution in [3.8, 4) is 11.4 Å². The maximum absolute atomic E-state index is 5.81. The lowest BCUT2D eigenvalue weighted by molar-refractivity contribution is 0.579. The van der Waals surface area contributed by atoms with E-state index in [-0.39, 0.29) is 0 Å². The summed E-state index contributed by atoms with van der Waals surface area (Å²) < 4.78 is 6.71. The number of rotatable bonds is 3. The number of anilines is 1. The third-order valence-corrected chi connectivity index (χ3v) is 4.31. The van der Waals surface area contributed by atoms with Crippen LogP contribution in [0.15, 0.2) is 33.2 Å². The van der Waals surface area contributed by atoms with Gasteiger partial charge in [0.15, 0.2) is 5.82 Å². The molecule has 0 bridgehead atoms. The Kier molecular flexibility index (Phi) is 3.68. The minimum absolute atomic E-state index is 0.689. The first-order valence-electron chi connectivity index (χ1n) is 6.88. The largest absolute Gasteiger partial charge is 0.461 e. The average Bonchev–Trinajstić information content (AvgIpc) is 2.79. The Labute approximate surface area is 131 Å². The SMILES string of the molecule is CCNc1nc(-c2c(C)oc3ccccc23)nc(C)c1Br. The molecule has 3 aromatic rings. The molecule has 0 amide bonds. The first kappa shape index (κ1) is 14.1. The van der Waals surface area contributed by atoms with Crippen LogP contribution in [0.2, 0.25) is 0 Å². The van der Waals surface area contributed by atoms with E-state index < -0.39 is 0 Å². The van der Waals surface area contributed by atoms with Crippen molar-refractivity contribution in [2.24, 2.45) is 0 Å². The Bertz CT molecular complexity index is 811. The van der Waals surface area contributed by atoms with Gasteiger partial charge in [0.05, 0.1) is 15.7 Å². The van der Waals surface area contributed by atoms with Crippen LogP contribution in [0.5, 0.6) is 0 Å². The first-order valence-corrected chi connectivity index (χ1v) is 7.67. The third-order valence-electron chi connectivity index (χ3n) is 3.36. The molecule has 0 spiro atoms. The summed E-state index contributed by atoms with van der Waals surface area (Å²) in [7, 11) is 0. The predicted octanol–water partition coefficient (Wildman–Crippen LogP) is 4.70. The Morgan fingerprint density at radius 2 is 1.95 bits per heavy atom. The predicted molar refractivity (Wildman–Crippen MR) is 88.6 cm³/mol. The standard InChI is InChI=1S/C16H16BrN3O/c1-4-18-16-14(17)9(2)19-15(20-16)13-10(3)21-12-8-6-5-7-11(12)13/h5-8H,4H2,1-3H3,(H,18,19,20). The van der Waals surface area contributed by atoms with E-state index >= 15 is 0 Å². The fourth-order valence-corrected chi connectivity index (χ4v) is 2.72. The molecular weight excluding hydrogens is 330 g/mol. The van der Waals surface area contributed by atoms with Gasteiger partial charge >= 0.3 is 0 Å². The van der Waals surface area contributed by atoms with Gasteiger partial charge in [-0.15, -0.1) is 0 Å². The van der Waals surface area contributed by atoms with Crippen LogP contribution in [0.25, 0.3) is 22.4 Å². The smallest absolute Gasteiger partial charge is 0.166 e. The summed E-state index contributed by atoms with van der Waals surface area (Å²) in [5.74, 6) is 2.33. The highest BCUT2D eigenvalue weighted by Gasteiger charge is 2.17. The van der Waals surface area contributed by atoms with Crippen molar-refractivity contribution in [2.45, 2.75) is 20.8 Å². The van der Waals surface area contributed by atoms with Crippen molar-refractivity contribution < 1.29 is 4.42 Å². The molecule has 1 N–H and O–H groups in total. The number of fused-ring (bicyclic) bond motifs is 1. The van der Waals surface area contributed by atoms with Gasteiger partial charge < -0.3 is 9.73 Å². The van der Waals surface area contributed by atoms with Crippen LogP contribution in [0.3, 0.4) is 0 Å². The number of hydrogen-bond acceptors (Lipinski definition) is 4. The summed E-state index contributed by atoms with van der Waals surface area (Å²) in [6.45, 7) is 6.76. The number of nitrogens with one attached hydrogen (secondary N) is 1. The summed E-state index contributed by atoms with van der Waals surface area (Å²) in [5, 5.41) is 4.30. The number of nitrogens with zero attached hydrogens (tertiary/aromatic N) is 2. The molecule has 0 unspecified atom stereocenters. The van der Waals surface area contributed by atoms with Gasteiger partial charge in [0, 0.05) is 11.9 Å². The van der Waals surface area contributed by atoms with Crippen LogP contribution in [0.4, 0.5) is 5.82 Å². The Hall–Kier alpha value is -1.88. The van der Waals surface area contributed by atoms with E-state index in [1.54, 1.807) is 0 Å². The minimum Gasteiger partial charge on any atom is -0.461 e. The van der Waals surface area contributed by atoms with Crippen LogP contribution in [-0.4, -0.2) is 16.5 Å². The van der Waals surface area contributed by atoms with E-state index in [4.69, 9.17) is 4.42 Å². The highest BCUT2D eigenvalue weighted by Crippen LogP contribution is 2.34. The van der Waals surface area contributed by atoms with Gasteiger partial charge in [0.25, 0.3) is 0 Å². The van der Waals surface area contributed by atoms with Crippen LogP contribution < -0.4 is 5.32 Å². The number of hydrogen-bond donors (Lipinski definition) is 1. The highest BCUT2D eigenvalue weighted by atomic mass is 79.9. The van der Waals surface area contributed by atoms with Crippen LogP contribution >= 0.6 is 15.9 Å². The molecule has 0 atom stereocenters. The normalized spacial score (nSPS) is 11.0. The van der Waals surface area contributed by atoms with E-state index in [1.165, 1.54) is 0 Å². The molecule has 0 saturated carbocycles. The van der Waals surface area contributed by atoms with Gasteiger partial charge in [0.1, 0.15) is 17.2 Å². The van der Waals surface area contributed by atoms with Crippen molar-refractivity contribution in [1.29, 1.82) is 0 Å². The van der Waals surface area contributed by atoms with Crippen LogP contribution in [0.1, 0.15) is 18.4 Å². The highest BCUT2D eigenvalue weighted by molar-refractivity contribution is 9.10. The molecule has 3 rings (SSSR count). The van der Waals surface area contributed by atoms with E-state index in [0.29, 0.717) is 5.82 Å². The number of aromatic nitrogens is 2. The van der Waals surface area contributed by atoms with Crippen molar-refractivity contribution in [1.82, 2.24) is 9.97 Å². The number of para-hydroxylation sites is 1. The lowest BCUT2D eigenvalue weighted by Gasteiger charge is -2.09. The van der Waals surface area contributed by atoms with Crippen LogP contribution in [0, 0.1) is 13.8 Å². The Balaban J connectivity index is 2.25. The molecule has 21 heavy (non-hydrogen) atoms. The van der Waals surface area contributed by atoms with Gasteiger partial charge in [-0.3, -0.25) is 0 Å². The third kappa shape index (κ3) is 2.42. The van der Waals surface area contributed by atoms with Gasteiger partial charge in [-0.1, -0.05) is 18.2 Å². The average molecular weight is 346 g/mol. The fourth-order valence-electron chi connectivity index (χ4n) is 2.40. The van der Waals surface area contributed by atoms with E-state index in [2.05, 4.69) is 31.2 Å². The molecule has 2 heterocycles. The molecule has 0 fully saturated rings. The zero-order chi connectivity index (χ0) is 15.0. The lowest BCUT2D eigenvalue weighted by Crippen LogP contribution is -2.04. The van der Waals surface area contributed by atoms with Crippen molar-refractivity contribution in [3.05, 3.63) is 40.2 Å². The van der Waals surface area contributed by atoms with Gasteiger partial charge in [-0.25, -0.2) is 9.97 Å². The van der Waals surface area contributed by atoms with Gasteiger partial charge in [0.2, 0.25) is 0 Å². The molecule has 5 heteroatoms. The summed E-state index contributed by atoms with van der Waals surface area (Å²) in [6.07, 6.45) is 0. The topological polar surface area (TPSA) is 51.0 Å². The number of aryl methyl sites for hydroxylation is 2. The molecule has 0 saturated heterocycles. The van der Waals surface area contributed by atoms with E-state index in [1.807, 2.05) is 45.0 Å². The second kappa shape index (κ2) is 5.48. The maximum Gasteiger partial charge on any atom is 0.166 e. The zero-order valence-electron chi connectivity index (χ0n) is 12.2. The Morgan fingerprint density at radius 3 is 2.71 bits per heavy atom. The number of benzene rings is 1. The quantitative estimate of drug-likeness (QED) is 0.747. The monoisotopic (exact) mass is 345 g/mol. The molecule has 1 aromatic carbocycles. The molecule has 0 radical (unpaired) electrons. The van der Waals surface area contributed by atoms with Crippen LogP contribution in [-0.2, 0) is 0 Å². The summed E-state index contributed by atoms with van der Waals surface area (Å²) in [5.41, 5.74) is 2.72. The number of halogens is 1. The van der Waals surface area contributed by atoms with Gasteiger partial charge in [-0.05, 0) is 42.8 Å². The molecule has 0 aliphatic rings.